The Bertz CT molecular complexity index is 968. The number of rotatable bonds is 3. The number of nitrogens with zero attached hydrogens (tertiary/aromatic N) is 3. The van der Waals surface area contributed by atoms with E-state index in [-0.39, 0.29) is 5.82 Å². The molecule has 0 bridgehead atoms. The molecule has 1 aromatic carbocycles. The molecule has 0 spiro atoms. The molecule has 4 rings (SSSR count). The van der Waals surface area contributed by atoms with E-state index >= 15 is 0 Å². The van der Waals surface area contributed by atoms with Crippen LogP contribution in [0.25, 0.3) is 0 Å². The molecule has 27 heavy (non-hydrogen) atoms. The minimum Gasteiger partial charge on any atom is -0.369 e. The maximum absolute atomic E-state index is 13.3. The van der Waals surface area contributed by atoms with Gasteiger partial charge in [-0.05, 0) is 49.1 Å². The number of allylic oxidation sites excluding steroid dienone is 2. The molecule has 0 N–H and O–H groups in total. The summed E-state index contributed by atoms with van der Waals surface area (Å²) in [7, 11) is 0. The van der Waals surface area contributed by atoms with Crippen LogP contribution in [0.3, 0.4) is 0 Å². The van der Waals surface area contributed by atoms with Gasteiger partial charge in [0.2, 0.25) is 0 Å². The normalized spacial score (nSPS) is 17.3. The molecule has 1 aromatic heterocycles. The summed E-state index contributed by atoms with van der Waals surface area (Å²) in [5.41, 5.74) is 7.83. The van der Waals surface area contributed by atoms with Gasteiger partial charge >= 0.3 is 0 Å². The van der Waals surface area contributed by atoms with Crippen molar-refractivity contribution in [2.45, 2.75) is 46.3 Å². The third kappa shape index (κ3) is 3.42. The van der Waals surface area contributed by atoms with Gasteiger partial charge in [-0.2, -0.15) is 0 Å². The Kier molecular flexibility index (Phi) is 4.85. The van der Waals surface area contributed by atoms with E-state index in [9.17, 15) is 4.39 Å². The predicted octanol–water partition coefficient (Wildman–Crippen LogP) is 4.09. The zero-order valence-electron chi connectivity index (χ0n) is 15.9. The van der Waals surface area contributed by atoms with E-state index in [2.05, 4.69) is 46.2 Å². The molecule has 0 radical (unpaired) electrons. The Morgan fingerprint density at radius 3 is 2.81 bits per heavy atom. The van der Waals surface area contributed by atoms with Gasteiger partial charge in [-0.15, -0.1) is 0 Å². The van der Waals surface area contributed by atoms with E-state index in [1.165, 1.54) is 40.3 Å². The highest BCUT2D eigenvalue weighted by Gasteiger charge is 2.27. The second-order valence-electron chi connectivity index (χ2n) is 7.13. The van der Waals surface area contributed by atoms with E-state index in [1.807, 2.05) is 12.1 Å². The molecular formula is C23H24FN3. The van der Waals surface area contributed by atoms with E-state index in [4.69, 9.17) is 0 Å². The fourth-order valence-corrected chi connectivity index (χ4v) is 4.02. The summed E-state index contributed by atoms with van der Waals surface area (Å²) in [5, 5.41) is 0. The van der Waals surface area contributed by atoms with Crippen molar-refractivity contribution in [3.63, 3.8) is 0 Å². The number of halogens is 1. The third-order valence-corrected chi connectivity index (χ3v) is 5.62. The van der Waals surface area contributed by atoms with E-state index in [0.717, 1.165) is 38.0 Å². The van der Waals surface area contributed by atoms with Gasteiger partial charge in [0.05, 0.1) is 19.3 Å². The highest BCUT2D eigenvalue weighted by atomic mass is 19.1. The number of fused-ring (bicyclic) bond motifs is 3. The van der Waals surface area contributed by atoms with Crippen LogP contribution in [0.15, 0.2) is 41.0 Å². The Morgan fingerprint density at radius 1 is 1.22 bits per heavy atom. The average molecular weight is 361 g/mol. The van der Waals surface area contributed by atoms with Crippen LogP contribution in [0.1, 0.15) is 41.9 Å². The standard InChI is InChI=1S/C23H24FN3/c1-3-17(2)26-13-11-21-20-6-4-5-12-25-14-22(20)27(23(21)16-26)15-18-7-9-19(24)10-8-18/h3,7-10,12H,6,11,13-16H2,1-2H3/b17-3+,25-12-. The van der Waals surface area contributed by atoms with Gasteiger partial charge in [0.25, 0.3) is 0 Å². The van der Waals surface area contributed by atoms with Crippen LogP contribution in [0.5, 0.6) is 0 Å². The van der Waals surface area contributed by atoms with Gasteiger partial charge < -0.3 is 9.47 Å². The van der Waals surface area contributed by atoms with Gasteiger partial charge in [0.15, 0.2) is 0 Å². The van der Waals surface area contributed by atoms with Gasteiger partial charge in [-0.25, -0.2) is 4.39 Å². The summed E-state index contributed by atoms with van der Waals surface area (Å²) in [6, 6.07) is 6.82. The Morgan fingerprint density at radius 2 is 2.04 bits per heavy atom. The summed E-state index contributed by atoms with van der Waals surface area (Å²) >= 11 is 0. The molecule has 0 fully saturated rings. The third-order valence-electron chi connectivity index (χ3n) is 5.62. The fourth-order valence-electron chi connectivity index (χ4n) is 4.02. The minimum absolute atomic E-state index is 0.196. The minimum atomic E-state index is -0.196. The first-order valence-electron chi connectivity index (χ1n) is 9.48. The summed E-state index contributed by atoms with van der Waals surface area (Å²) in [4.78, 5) is 6.93. The van der Waals surface area contributed by atoms with Crippen LogP contribution in [-0.4, -0.2) is 22.2 Å². The largest absolute Gasteiger partial charge is 0.369 e. The van der Waals surface area contributed by atoms with Crippen molar-refractivity contribution in [1.82, 2.24) is 9.47 Å². The van der Waals surface area contributed by atoms with E-state index in [1.54, 1.807) is 6.21 Å². The smallest absolute Gasteiger partial charge is 0.123 e. The molecule has 0 unspecified atom stereocenters. The first kappa shape index (κ1) is 17.6. The molecule has 0 saturated carbocycles. The SMILES string of the molecule is C/C=C(\C)N1CCc2c3c(n(Cc4ccc(F)cc4)c2C1)C/N=C\C#CC3. The maximum Gasteiger partial charge on any atom is 0.123 e. The van der Waals surface area contributed by atoms with Crippen molar-refractivity contribution in [3.05, 3.63) is 69.9 Å². The van der Waals surface area contributed by atoms with Crippen LogP contribution in [0.4, 0.5) is 4.39 Å². The number of benzene rings is 1. The Hall–Kier alpha value is -2.80. The number of aromatic nitrogens is 1. The average Bonchev–Trinajstić information content (AvgIpc) is 2.94. The van der Waals surface area contributed by atoms with Crippen molar-refractivity contribution >= 4 is 6.21 Å². The lowest BCUT2D eigenvalue weighted by Gasteiger charge is -2.31. The van der Waals surface area contributed by atoms with Crippen LogP contribution < -0.4 is 0 Å². The van der Waals surface area contributed by atoms with Gasteiger partial charge in [0.1, 0.15) is 5.82 Å². The second kappa shape index (κ2) is 7.44. The van der Waals surface area contributed by atoms with Gasteiger partial charge in [0, 0.05) is 36.6 Å². The summed E-state index contributed by atoms with van der Waals surface area (Å²) in [6.07, 6.45) is 5.70. The molecule has 3 heterocycles. The molecule has 2 aliphatic heterocycles. The van der Waals surface area contributed by atoms with Crippen molar-refractivity contribution < 1.29 is 4.39 Å². The van der Waals surface area contributed by atoms with Crippen LogP contribution in [0.2, 0.25) is 0 Å². The first-order chi connectivity index (χ1) is 13.2. The van der Waals surface area contributed by atoms with Gasteiger partial charge in [-0.3, -0.25) is 4.99 Å². The topological polar surface area (TPSA) is 20.5 Å². The first-order valence-corrected chi connectivity index (χ1v) is 9.48. The number of aliphatic imine (C=N–C) groups is 1. The summed E-state index contributed by atoms with van der Waals surface area (Å²) in [6.45, 7) is 7.59. The van der Waals surface area contributed by atoms with Crippen LogP contribution in [-0.2, 0) is 32.5 Å². The Labute approximate surface area is 160 Å². The zero-order chi connectivity index (χ0) is 18.8. The highest BCUT2D eigenvalue weighted by Crippen LogP contribution is 2.32. The molecule has 2 aromatic rings. The van der Waals surface area contributed by atoms with Crippen molar-refractivity contribution in [2.24, 2.45) is 4.99 Å². The maximum atomic E-state index is 13.3. The number of hydrogen-bond donors (Lipinski definition) is 0. The van der Waals surface area contributed by atoms with E-state index in [0.29, 0.717) is 6.54 Å². The zero-order valence-corrected chi connectivity index (χ0v) is 15.9. The quantitative estimate of drug-likeness (QED) is 0.754. The van der Waals surface area contributed by atoms with Crippen LogP contribution in [0, 0.1) is 17.7 Å². The molecule has 3 nitrogen and oxygen atoms in total. The molecule has 138 valence electrons. The fraction of sp³-hybridized carbons (Fsp3) is 0.348. The number of hydrogen-bond acceptors (Lipinski definition) is 2. The lowest BCUT2D eigenvalue weighted by atomic mass is 9.99. The van der Waals surface area contributed by atoms with Crippen molar-refractivity contribution in [2.75, 3.05) is 6.54 Å². The van der Waals surface area contributed by atoms with Crippen molar-refractivity contribution in [1.29, 1.82) is 0 Å². The molecule has 0 amide bonds. The lowest BCUT2D eigenvalue weighted by Crippen LogP contribution is -2.30. The van der Waals surface area contributed by atoms with Gasteiger partial charge in [-0.1, -0.05) is 30.0 Å². The van der Waals surface area contributed by atoms with Crippen LogP contribution >= 0.6 is 0 Å². The summed E-state index contributed by atoms with van der Waals surface area (Å²) in [5.74, 6) is 6.06. The molecule has 0 atom stereocenters. The molecular weight excluding hydrogens is 337 g/mol. The lowest BCUT2D eigenvalue weighted by molar-refractivity contribution is 0.312. The predicted molar refractivity (Wildman–Crippen MR) is 107 cm³/mol. The highest BCUT2D eigenvalue weighted by molar-refractivity contribution is 5.78. The summed E-state index contributed by atoms with van der Waals surface area (Å²) < 4.78 is 15.7. The monoisotopic (exact) mass is 361 g/mol. The molecule has 2 aliphatic rings. The second-order valence-corrected chi connectivity index (χ2v) is 7.13. The molecule has 0 saturated heterocycles. The Balaban J connectivity index is 1.80. The van der Waals surface area contributed by atoms with E-state index < -0.39 is 0 Å². The molecule has 4 heteroatoms. The molecule has 0 aliphatic carbocycles. The van der Waals surface area contributed by atoms with Crippen molar-refractivity contribution in [3.8, 4) is 11.8 Å².